The van der Waals surface area contributed by atoms with Gasteiger partial charge in [0.25, 0.3) is 0 Å². The van der Waals surface area contributed by atoms with Crippen LogP contribution in [0.1, 0.15) is 31.2 Å². The summed E-state index contributed by atoms with van der Waals surface area (Å²) in [5, 5.41) is 0. The lowest BCUT2D eigenvalue weighted by Gasteiger charge is -2.08. The quantitative estimate of drug-likeness (QED) is 0.539. The van der Waals surface area contributed by atoms with E-state index in [-0.39, 0.29) is 5.82 Å². The van der Waals surface area contributed by atoms with Crippen LogP contribution in [0.2, 0.25) is 0 Å². The summed E-state index contributed by atoms with van der Waals surface area (Å²) in [6, 6.07) is 4.78. The Morgan fingerprint density at radius 2 is 2.06 bits per heavy atom. The molecule has 1 rings (SSSR count). The van der Waals surface area contributed by atoms with Gasteiger partial charge in [-0.15, -0.1) is 6.58 Å². The van der Waals surface area contributed by atoms with Crippen molar-refractivity contribution in [2.45, 2.75) is 32.1 Å². The molecule has 0 fully saturated rings. The molecular weight excluding hydrogens is 229 g/mol. The second kappa shape index (κ2) is 8.70. The van der Waals surface area contributed by atoms with Crippen LogP contribution in [0, 0.1) is 5.82 Å². The minimum Gasteiger partial charge on any atom is -0.493 e. The fraction of sp³-hybridized carbons (Fsp3) is 0.467. The number of ether oxygens (including phenoxy) is 1. The highest BCUT2D eigenvalue weighted by atomic mass is 19.1. The minimum atomic E-state index is -0.261. The summed E-state index contributed by atoms with van der Waals surface area (Å²) in [5.41, 5.74) is 6.35. The Bertz CT molecular complexity index is 366. The van der Waals surface area contributed by atoms with Crippen LogP contribution < -0.4 is 10.5 Å². The summed E-state index contributed by atoms with van der Waals surface area (Å²) in [7, 11) is 0. The Labute approximate surface area is 109 Å². The molecule has 0 spiro atoms. The Hall–Kier alpha value is -1.35. The summed E-state index contributed by atoms with van der Waals surface area (Å²) >= 11 is 0. The Morgan fingerprint density at radius 1 is 1.22 bits per heavy atom. The van der Waals surface area contributed by atoms with E-state index in [1.165, 1.54) is 12.1 Å². The predicted molar refractivity (Wildman–Crippen MR) is 73.3 cm³/mol. The van der Waals surface area contributed by atoms with Crippen LogP contribution in [0.25, 0.3) is 0 Å². The van der Waals surface area contributed by atoms with Crippen LogP contribution in [0.5, 0.6) is 5.75 Å². The van der Waals surface area contributed by atoms with E-state index in [0.29, 0.717) is 25.3 Å². The molecular formula is C15H22FNO. The number of halogens is 1. The molecule has 18 heavy (non-hydrogen) atoms. The second-order valence-corrected chi connectivity index (χ2v) is 4.32. The molecule has 0 bridgehead atoms. The van der Waals surface area contributed by atoms with Crippen molar-refractivity contribution in [2.24, 2.45) is 5.73 Å². The Kier molecular flexibility index (Phi) is 7.11. The number of hydrogen-bond donors (Lipinski definition) is 1. The molecule has 1 aromatic rings. The standard InChI is InChI=1S/C15H22FNO/c1-2-3-4-5-6-9-18-15-11-13(7-8-17)10-14(16)12-15/h2,10-12H,1,3-9,17H2. The van der Waals surface area contributed by atoms with Gasteiger partial charge in [0.2, 0.25) is 0 Å². The maximum absolute atomic E-state index is 13.3. The summed E-state index contributed by atoms with van der Waals surface area (Å²) in [6.45, 7) is 4.83. The molecule has 1 aromatic carbocycles. The lowest BCUT2D eigenvalue weighted by Crippen LogP contribution is -2.04. The number of nitrogens with two attached hydrogens (primary N) is 1. The van der Waals surface area contributed by atoms with Gasteiger partial charge in [-0.25, -0.2) is 4.39 Å². The first-order valence-corrected chi connectivity index (χ1v) is 6.49. The third kappa shape index (κ3) is 5.82. The van der Waals surface area contributed by atoms with E-state index < -0.39 is 0 Å². The van der Waals surface area contributed by atoms with Crippen molar-refractivity contribution in [3.8, 4) is 5.75 Å². The van der Waals surface area contributed by atoms with E-state index in [2.05, 4.69) is 6.58 Å². The molecule has 2 N–H and O–H groups in total. The Morgan fingerprint density at radius 3 is 2.78 bits per heavy atom. The lowest BCUT2D eigenvalue weighted by atomic mass is 10.1. The van der Waals surface area contributed by atoms with Crippen LogP contribution in [-0.2, 0) is 6.42 Å². The molecule has 0 saturated carbocycles. The van der Waals surface area contributed by atoms with Crippen molar-refractivity contribution in [3.05, 3.63) is 42.2 Å². The van der Waals surface area contributed by atoms with Gasteiger partial charge in [-0.1, -0.05) is 6.08 Å². The van der Waals surface area contributed by atoms with Crippen molar-refractivity contribution >= 4 is 0 Å². The number of benzene rings is 1. The van der Waals surface area contributed by atoms with Gasteiger partial charge in [-0.3, -0.25) is 0 Å². The smallest absolute Gasteiger partial charge is 0.127 e. The van der Waals surface area contributed by atoms with Gasteiger partial charge < -0.3 is 10.5 Å². The average molecular weight is 251 g/mol. The molecule has 0 aromatic heterocycles. The first kappa shape index (κ1) is 14.7. The van der Waals surface area contributed by atoms with E-state index in [4.69, 9.17) is 10.5 Å². The normalized spacial score (nSPS) is 10.3. The molecule has 0 saturated heterocycles. The van der Waals surface area contributed by atoms with E-state index in [9.17, 15) is 4.39 Å². The topological polar surface area (TPSA) is 35.2 Å². The highest BCUT2D eigenvalue weighted by molar-refractivity contribution is 5.29. The molecule has 0 aliphatic heterocycles. The van der Waals surface area contributed by atoms with Crippen molar-refractivity contribution < 1.29 is 9.13 Å². The van der Waals surface area contributed by atoms with Gasteiger partial charge in [-0.05, 0) is 56.3 Å². The van der Waals surface area contributed by atoms with E-state index >= 15 is 0 Å². The first-order valence-electron chi connectivity index (χ1n) is 6.49. The fourth-order valence-corrected chi connectivity index (χ4v) is 1.77. The van der Waals surface area contributed by atoms with Crippen molar-refractivity contribution in [2.75, 3.05) is 13.2 Å². The molecule has 0 amide bonds. The molecule has 0 atom stereocenters. The molecule has 0 unspecified atom stereocenters. The second-order valence-electron chi connectivity index (χ2n) is 4.32. The third-order valence-electron chi connectivity index (χ3n) is 2.69. The third-order valence-corrected chi connectivity index (χ3v) is 2.69. The van der Waals surface area contributed by atoms with Crippen molar-refractivity contribution in [1.82, 2.24) is 0 Å². The van der Waals surface area contributed by atoms with Gasteiger partial charge in [0.05, 0.1) is 6.61 Å². The van der Waals surface area contributed by atoms with Crippen LogP contribution in [0.3, 0.4) is 0 Å². The van der Waals surface area contributed by atoms with Crippen LogP contribution in [-0.4, -0.2) is 13.2 Å². The van der Waals surface area contributed by atoms with Crippen LogP contribution in [0.15, 0.2) is 30.9 Å². The Balaban J connectivity index is 2.34. The fourth-order valence-electron chi connectivity index (χ4n) is 1.77. The van der Waals surface area contributed by atoms with Crippen molar-refractivity contribution in [3.63, 3.8) is 0 Å². The zero-order chi connectivity index (χ0) is 13.2. The van der Waals surface area contributed by atoms with Gasteiger partial charge in [0.15, 0.2) is 0 Å². The first-order chi connectivity index (χ1) is 8.76. The lowest BCUT2D eigenvalue weighted by molar-refractivity contribution is 0.303. The van der Waals surface area contributed by atoms with Crippen LogP contribution in [0.4, 0.5) is 4.39 Å². The SMILES string of the molecule is C=CCCCCCOc1cc(F)cc(CCN)c1. The summed E-state index contributed by atoms with van der Waals surface area (Å²) < 4.78 is 18.8. The molecule has 0 heterocycles. The monoisotopic (exact) mass is 251 g/mol. The number of hydrogen-bond acceptors (Lipinski definition) is 2. The number of rotatable bonds is 9. The summed E-state index contributed by atoms with van der Waals surface area (Å²) in [5.74, 6) is 0.338. The minimum absolute atomic E-state index is 0.261. The maximum Gasteiger partial charge on any atom is 0.127 e. The average Bonchev–Trinajstić information content (AvgIpc) is 2.33. The highest BCUT2D eigenvalue weighted by Gasteiger charge is 2.01. The van der Waals surface area contributed by atoms with Gasteiger partial charge in [-0.2, -0.15) is 0 Å². The van der Waals surface area contributed by atoms with Gasteiger partial charge >= 0.3 is 0 Å². The van der Waals surface area contributed by atoms with E-state index in [1.807, 2.05) is 12.1 Å². The highest BCUT2D eigenvalue weighted by Crippen LogP contribution is 2.17. The summed E-state index contributed by atoms with van der Waals surface area (Å²) in [4.78, 5) is 0. The molecule has 0 aliphatic carbocycles. The zero-order valence-electron chi connectivity index (χ0n) is 10.8. The van der Waals surface area contributed by atoms with Gasteiger partial charge in [0, 0.05) is 6.07 Å². The number of allylic oxidation sites excluding steroid dienone is 1. The van der Waals surface area contributed by atoms with Crippen LogP contribution >= 0.6 is 0 Å². The van der Waals surface area contributed by atoms with E-state index in [1.54, 1.807) is 0 Å². The molecule has 100 valence electrons. The largest absolute Gasteiger partial charge is 0.493 e. The maximum atomic E-state index is 13.3. The predicted octanol–water partition coefficient (Wildman–Crippen LogP) is 3.45. The molecule has 3 heteroatoms. The van der Waals surface area contributed by atoms with Crippen molar-refractivity contribution in [1.29, 1.82) is 0 Å². The zero-order valence-corrected chi connectivity index (χ0v) is 10.8. The molecule has 0 aliphatic rings. The van der Waals surface area contributed by atoms with Gasteiger partial charge in [0.1, 0.15) is 11.6 Å². The molecule has 2 nitrogen and oxygen atoms in total. The van der Waals surface area contributed by atoms with E-state index in [0.717, 1.165) is 31.2 Å². The molecule has 0 radical (unpaired) electrons. The number of unbranched alkanes of at least 4 members (excludes halogenated alkanes) is 3. The summed E-state index contributed by atoms with van der Waals surface area (Å²) in [6.07, 6.45) is 6.86.